The summed E-state index contributed by atoms with van der Waals surface area (Å²) in [5.74, 6) is -0.557. The Morgan fingerprint density at radius 2 is 2.07 bits per heavy atom. The highest BCUT2D eigenvalue weighted by Gasteiger charge is 2.21. The molecule has 4 rings (SSSR count). The molecule has 4 nitrogen and oxygen atoms in total. The third-order valence-electron chi connectivity index (χ3n) is 4.37. The van der Waals surface area contributed by atoms with Crippen LogP contribution in [-0.2, 0) is 4.74 Å². The number of rotatable bonds is 5. The van der Waals surface area contributed by atoms with Crippen molar-refractivity contribution in [3.05, 3.63) is 58.7 Å². The predicted octanol–water partition coefficient (Wildman–Crippen LogP) is 5.44. The van der Waals surface area contributed by atoms with Crippen molar-refractivity contribution in [3.8, 4) is 16.3 Å². The van der Waals surface area contributed by atoms with Gasteiger partial charge in [0.1, 0.15) is 9.88 Å². The summed E-state index contributed by atoms with van der Waals surface area (Å²) in [5, 5.41) is 2.40. The van der Waals surface area contributed by atoms with Gasteiger partial charge in [-0.3, -0.25) is 0 Å². The third-order valence-corrected chi connectivity index (χ3v) is 5.56. The number of thiazole rings is 1. The fourth-order valence-corrected chi connectivity index (χ4v) is 3.96. The van der Waals surface area contributed by atoms with E-state index in [9.17, 15) is 9.18 Å². The summed E-state index contributed by atoms with van der Waals surface area (Å²) in [6.45, 7) is 3.89. The molecular formula is C21H19FNO3S. The third kappa shape index (κ3) is 3.21. The molecule has 0 N–H and O–H groups in total. The lowest BCUT2D eigenvalue weighted by atomic mass is 9.98. The van der Waals surface area contributed by atoms with Crippen molar-refractivity contribution in [3.63, 3.8) is 0 Å². The number of allylic oxidation sites excluding steroid dienone is 2. The molecule has 0 aliphatic heterocycles. The number of halogens is 1. The van der Waals surface area contributed by atoms with Gasteiger partial charge in [0.2, 0.25) is 0 Å². The van der Waals surface area contributed by atoms with Gasteiger partial charge in [-0.2, -0.15) is 0 Å². The first kappa shape index (κ1) is 17.7. The zero-order valence-corrected chi connectivity index (χ0v) is 15.9. The lowest BCUT2D eigenvalue weighted by Crippen LogP contribution is -2.03. The number of esters is 1. The maximum atomic E-state index is 14.2. The van der Waals surface area contributed by atoms with Gasteiger partial charge in [0.25, 0.3) is 0 Å². The molecule has 1 aliphatic carbocycles. The summed E-state index contributed by atoms with van der Waals surface area (Å²) in [7, 11) is 1.45. The van der Waals surface area contributed by atoms with E-state index in [4.69, 9.17) is 9.47 Å². The molecule has 2 aromatic carbocycles. The highest BCUT2D eigenvalue weighted by molar-refractivity contribution is 7.17. The SMILES string of the molecule is CCOC(=O)c1sc(-c2cc(C3=C[CH]3)c3cc(F)c(OC)cc3c2)nc1C.[HH]. The standard InChI is InChI=1S/C21H17FNO3S.H2/c1-4-26-21(24)19-11(2)23-20(27-19)14-7-13-9-18(25-3)17(22)10-16(13)15(8-14)12-5-6-12;/h5-10H,4H2,1-3H3;1H. The topological polar surface area (TPSA) is 48.4 Å². The summed E-state index contributed by atoms with van der Waals surface area (Å²) in [4.78, 5) is 17.2. The van der Waals surface area contributed by atoms with Crippen molar-refractivity contribution in [1.82, 2.24) is 4.98 Å². The number of aromatic nitrogens is 1. The van der Waals surface area contributed by atoms with Crippen LogP contribution in [-0.4, -0.2) is 24.7 Å². The molecule has 1 aliphatic rings. The van der Waals surface area contributed by atoms with E-state index in [0.717, 1.165) is 32.5 Å². The highest BCUT2D eigenvalue weighted by atomic mass is 32.1. The summed E-state index contributed by atoms with van der Waals surface area (Å²) < 4.78 is 24.4. The minimum atomic E-state index is -0.394. The lowest BCUT2D eigenvalue weighted by molar-refractivity contribution is 0.0531. The van der Waals surface area contributed by atoms with Crippen LogP contribution in [0.5, 0.6) is 5.75 Å². The molecule has 0 atom stereocenters. The molecule has 139 valence electrons. The average Bonchev–Trinajstić information content (AvgIpc) is 3.42. The van der Waals surface area contributed by atoms with Crippen LogP contribution >= 0.6 is 11.3 Å². The largest absolute Gasteiger partial charge is 0.494 e. The Morgan fingerprint density at radius 3 is 2.74 bits per heavy atom. The van der Waals surface area contributed by atoms with Crippen LogP contribution in [0.1, 0.15) is 29.3 Å². The molecule has 0 amide bonds. The molecule has 0 unspecified atom stereocenters. The molecule has 1 heterocycles. The number of fused-ring (bicyclic) bond motifs is 1. The predicted molar refractivity (Wildman–Crippen MR) is 107 cm³/mol. The maximum absolute atomic E-state index is 14.2. The summed E-state index contributed by atoms with van der Waals surface area (Å²) in [5.41, 5.74) is 3.51. The van der Waals surface area contributed by atoms with Gasteiger partial charge < -0.3 is 9.47 Å². The van der Waals surface area contributed by atoms with Gasteiger partial charge in [0, 0.05) is 13.4 Å². The zero-order valence-electron chi connectivity index (χ0n) is 15.1. The van der Waals surface area contributed by atoms with E-state index in [0.29, 0.717) is 17.2 Å². The minimum Gasteiger partial charge on any atom is -0.494 e. The van der Waals surface area contributed by atoms with Crippen molar-refractivity contribution in [2.45, 2.75) is 13.8 Å². The smallest absolute Gasteiger partial charge is 0.350 e. The Bertz CT molecular complexity index is 1110. The zero-order chi connectivity index (χ0) is 19.1. The second-order valence-corrected chi connectivity index (χ2v) is 7.17. The van der Waals surface area contributed by atoms with Gasteiger partial charge in [0.15, 0.2) is 11.6 Å². The number of aryl methyl sites for hydroxylation is 1. The number of carbonyl (C=O) groups is 1. The first-order valence-corrected chi connectivity index (χ1v) is 9.35. The molecule has 3 aromatic rings. The Kier molecular flexibility index (Phi) is 4.44. The summed E-state index contributed by atoms with van der Waals surface area (Å²) in [6.07, 6.45) is 3.97. The van der Waals surface area contributed by atoms with Gasteiger partial charge >= 0.3 is 5.97 Å². The van der Waals surface area contributed by atoms with Gasteiger partial charge in [-0.05, 0) is 60.0 Å². The Hall–Kier alpha value is -2.73. The van der Waals surface area contributed by atoms with E-state index < -0.39 is 5.82 Å². The number of carbonyl (C=O) groups excluding carboxylic acids is 1. The molecule has 27 heavy (non-hydrogen) atoms. The fraction of sp³-hybridized carbons (Fsp3) is 0.190. The fourth-order valence-electron chi connectivity index (χ4n) is 3.01. The van der Waals surface area contributed by atoms with E-state index in [1.54, 1.807) is 19.9 Å². The quantitative estimate of drug-likeness (QED) is 0.549. The van der Waals surface area contributed by atoms with Crippen LogP contribution < -0.4 is 4.74 Å². The van der Waals surface area contributed by atoms with Gasteiger partial charge in [-0.15, -0.1) is 11.3 Å². The van der Waals surface area contributed by atoms with E-state index in [2.05, 4.69) is 4.98 Å². The number of benzene rings is 2. The van der Waals surface area contributed by atoms with Gasteiger partial charge in [-0.1, -0.05) is 6.08 Å². The van der Waals surface area contributed by atoms with Crippen molar-refractivity contribution < 1.29 is 20.1 Å². The normalized spacial score (nSPS) is 12.8. The summed E-state index contributed by atoms with van der Waals surface area (Å²) in [6, 6.07) is 7.11. The minimum absolute atomic E-state index is 0. The molecule has 0 bridgehead atoms. The monoisotopic (exact) mass is 384 g/mol. The maximum Gasteiger partial charge on any atom is 0.350 e. The van der Waals surface area contributed by atoms with Gasteiger partial charge in [0.05, 0.1) is 19.4 Å². The number of hydrogen-bond donors (Lipinski definition) is 0. The molecule has 6 heteroatoms. The van der Waals surface area contributed by atoms with E-state index >= 15 is 0 Å². The second-order valence-electron chi connectivity index (χ2n) is 6.17. The number of methoxy groups -OCH3 is 1. The van der Waals surface area contributed by atoms with Crippen LogP contribution in [0.25, 0.3) is 26.9 Å². The van der Waals surface area contributed by atoms with Gasteiger partial charge in [-0.25, -0.2) is 14.2 Å². The second kappa shape index (κ2) is 6.78. The first-order chi connectivity index (χ1) is 13.0. The summed E-state index contributed by atoms with van der Waals surface area (Å²) >= 11 is 1.30. The number of hydrogen-bond acceptors (Lipinski definition) is 5. The van der Waals surface area contributed by atoms with Crippen molar-refractivity contribution >= 4 is 33.7 Å². The van der Waals surface area contributed by atoms with Crippen LogP contribution in [0.3, 0.4) is 0 Å². The Balaban J connectivity index is 0.00000225. The van der Waals surface area contributed by atoms with Crippen LogP contribution in [0.4, 0.5) is 4.39 Å². The van der Waals surface area contributed by atoms with Crippen molar-refractivity contribution in [1.29, 1.82) is 0 Å². The molecule has 1 radical (unpaired) electrons. The van der Waals surface area contributed by atoms with E-state index in [1.165, 1.54) is 24.5 Å². The van der Waals surface area contributed by atoms with E-state index in [-0.39, 0.29) is 13.1 Å². The van der Waals surface area contributed by atoms with Crippen molar-refractivity contribution in [2.24, 2.45) is 0 Å². The highest BCUT2D eigenvalue weighted by Crippen LogP contribution is 2.40. The molecule has 1 aromatic heterocycles. The first-order valence-electron chi connectivity index (χ1n) is 8.53. The molecule has 0 saturated carbocycles. The van der Waals surface area contributed by atoms with E-state index in [1.807, 2.05) is 24.6 Å². The van der Waals surface area contributed by atoms with Crippen LogP contribution in [0.2, 0.25) is 0 Å². The number of ether oxygens (including phenoxy) is 2. The van der Waals surface area contributed by atoms with Crippen LogP contribution in [0.15, 0.2) is 30.3 Å². The number of nitrogens with zero attached hydrogens (tertiary/aromatic N) is 1. The average molecular weight is 384 g/mol. The Morgan fingerprint density at radius 1 is 1.30 bits per heavy atom. The lowest BCUT2D eigenvalue weighted by Gasteiger charge is -2.10. The molecule has 0 fully saturated rings. The molecule has 0 spiro atoms. The van der Waals surface area contributed by atoms with Crippen molar-refractivity contribution in [2.75, 3.05) is 13.7 Å². The Labute approximate surface area is 161 Å². The molecular weight excluding hydrogens is 365 g/mol. The van der Waals surface area contributed by atoms with Crippen LogP contribution in [0, 0.1) is 19.2 Å². The molecule has 0 saturated heterocycles.